The van der Waals surface area contributed by atoms with Crippen LogP contribution in [0.2, 0.25) is 0 Å². The third-order valence-electron chi connectivity index (χ3n) is 6.55. The molecule has 2 fully saturated rings. The number of methoxy groups -OCH3 is 1. The van der Waals surface area contributed by atoms with Crippen molar-refractivity contribution >= 4 is 11.8 Å². The number of nitrogens with one attached hydrogen (secondary N) is 1. The lowest BCUT2D eigenvalue weighted by Crippen LogP contribution is -2.46. The van der Waals surface area contributed by atoms with E-state index in [1.165, 1.54) is 19.3 Å². The van der Waals surface area contributed by atoms with Gasteiger partial charge in [0.05, 0.1) is 13.7 Å². The van der Waals surface area contributed by atoms with Crippen LogP contribution in [-0.4, -0.2) is 67.5 Å². The Hall–Kier alpha value is -2.08. The van der Waals surface area contributed by atoms with Gasteiger partial charge >= 0.3 is 0 Å². The van der Waals surface area contributed by atoms with E-state index in [-0.39, 0.29) is 11.8 Å². The predicted molar refractivity (Wildman–Crippen MR) is 119 cm³/mol. The summed E-state index contributed by atoms with van der Waals surface area (Å²) in [5.74, 6) is 1.74. The zero-order valence-corrected chi connectivity index (χ0v) is 18.6. The number of rotatable bonds is 7. The van der Waals surface area contributed by atoms with Gasteiger partial charge in [-0.25, -0.2) is 0 Å². The van der Waals surface area contributed by atoms with Crippen LogP contribution in [0.4, 0.5) is 0 Å². The Kier molecular flexibility index (Phi) is 8.55. The molecule has 1 aliphatic carbocycles. The van der Waals surface area contributed by atoms with Crippen molar-refractivity contribution in [3.05, 3.63) is 29.8 Å². The molecule has 1 heterocycles. The van der Waals surface area contributed by atoms with E-state index in [9.17, 15) is 9.59 Å². The topological polar surface area (TPSA) is 61.9 Å². The second-order valence-corrected chi connectivity index (χ2v) is 8.79. The lowest BCUT2D eigenvalue weighted by Gasteiger charge is -2.30. The molecule has 0 aromatic heterocycles. The van der Waals surface area contributed by atoms with Gasteiger partial charge in [0.2, 0.25) is 11.8 Å². The first-order valence-corrected chi connectivity index (χ1v) is 11.5. The van der Waals surface area contributed by atoms with E-state index in [0.29, 0.717) is 31.5 Å². The summed E-state index contributed by atoms with van der Waals surface area (Å²) >= 11 is 0. The van der Waals surface area contributed by atoms with Gasteiger partial charge in [-0.15, -0.1) is 0 Å². The fourth-order valence-electron chi connectivity index (χ4n) is 4.57. The maximum Gasteiger partial charge on any atom is 0.234 e. The molecule has 1 saturated carbocycles. The van der Waals surface area contributed by atoms with Gasteiger partial charge in [0.15, 0.2) is 0 Å². The lowest BCUT2D eigenvalue weighted by molar-refractivity contribution is -0.131. The van der Waals surface area contributed by atoms with Crippen LogP contribution in [0.25, 0.3) is 0 Å². The van der Waals surface area contributed by atoms with Crippen LogP contribution in [0.3, 0.4) is 0 Å². The number of benzene rings is 1. The number of ether oxygens (including phenoxy) is 1. The van der Waals surface area contributed by atoms with Crippen LogP contribution >= 0.6 is 0 Å². The van der Waals surface area contributed by atoms with Crippen LogP contribution in [-0.2, 0) is 16.0 Å². The fraction of sp³-hybridized carbons (Fsp3) is 0.667. The second kappa shape index (κ2) is 11.3. The van der Waals surface area contributed by atoms with Crippen molar-refractivity contribution in [3.8, 4) is 5.75 Å². The molecule has 1 saturated heterocycles. The van der Waals surface area contributed by atoms with Crippen molar-refractivity contribution in [1.82, 2.24) is 15.1 Å². The zero-order chi connectivity index (χ0) is 21.3. The number of hydrogen-bond donors (Lipinski definition) is 1. The Balaban J connectivity index is 1.40. The Labute approximate surface area is 180 Å². The highest BCUT2D eigenvalue weighted by Gasteiger charge is 2.25. The van der Waals surface area contributed by atoms with Crippen LogP contribution in [0.15, 0.2) is 24.3 Å². The molecular formula is C24H37N3O3. The van der Waals surface area contributed by atoms with Crippen molar-refractivity contribution in [2.75, 3.05) is 39.8 Å². The molecular weight excluding hydrogens is 378 g/mol. The quantitative estimate of drug-likeness (QED) is 0.744. The largest absolute Gasteiger partial charge is 0.497 e. The minimum Gasteiger partial charge on any atom is -0.497 e. The van der Waals surface area contributed by atoms with Crippen LogP contribution in [0.5, 0.6) is 5.75 Å². The molecule has 1 aromatic carbocycles. The van der Waals surface area contributed by atoms with Gasteiger partial charge in [-0.05, 0) is 49.3 Å². The lowest BCUT2D eigenvalue weighted by atomic mass is 9.86. The Morgan fingerprint density at radius 2 is 1.80 bits per heavy atom. The van der Waals surface area contributed by atoms with E-state index in [1.807, 2.05) is 29.2 Å². The summed E-state index contributed by atoms with van der Waals surface area (Å²) in [5.41, 5.74) is 1.15. The minimum atomic E-state index is 0.132. The first-order chi connectivity index (χ1) is 14.5. The van der Waals surface area contributed by atoms with Gasteiger partial charge in [0.25, 0.3) is 0 Å². The summed E-state index contributed by atoms with van der Waals surface area (Å²) in [6, 6.07) is 8.23. The molecule has 2 amide bonds. The minimum absolute atomic E-state index is 0.132. The standard InChI is InChI=1S/C24H37N3O3/c1-19-6-3-4-7-22(19)25-23(28)18-26-14-5-15-27(17-16-26)24(29)13-10-20-8-11-21(30-2)12-9-20/h8-9,11-12,19,22H,3-7,10,13-18H2,1-2H3,(H,25,28). The average molecular weight is 416 g/mol. The third kappa shape index (κ3) is 6.73. The molecule has 6 heteroatoms. The molecule has 2 unspecified atom stereocenters. The van der Waals surface area contributed by atoms with E-state index in [1.54, 1.807) is 7.11 Å². The molecule has 30 heavy (non-hydrogen) atoms. The fourth-order valence-corrected chi connectivity index (χ4v) is 4.57. The smallest absolute Gasteiger partial charge is 0.234 e. The molecule has 2 atom stereocenters. The molecule has 1 aliphatic heterocycles. The number of hydrogen-bond acceptors (Lipinski definition) is 4. The van der Waals surface area contributed by atoms with Crippen LogP contribution in [0.1, 0.15) is 51.0 Å². The van der Waals surface area contributed by atoms with Gasteiger partial charge in [0.1, 0.15) is 5.75 Å². The molecule has 2 aliphatic rings. The van der Waals surface area contributed by atoms with Crippen LogP contribution in [0, 0.1) is 5.92 Å². The monoisotopic (exact) mass is 415 g/mol. The summed E-state index contributed by atoms with van der Waals surface area (Å²) in [6.07, 6.45) is 6.99. The predicted octanol–water partition coefficient (Wildman–Crippen LogP) is 2.86. The van der Waals surface area contributed by atoms with E-state index in [4.69, 9.17) is 4.74 Å². The zero-order valence-electron chi connectivity index (χ0n) is 18.6. The molecule has 6 nitrogen and oxygen atoms in total. The van der Waals surface area contributed by atoms with Crippen molar-refractivity contribution in [2.45, 2.75) is 57.9 Å². The first kappa shape index (κ1) is 22.6. The summed E-state index contributed by atoms with van der Waals surface area (Å²) in [6.45, 7) is 5.80. The van der Waals surface area contributed by atoms with Crippen LogP contribution < -0.4 is 10.1 Å². The van der Waals surface area contributed by atoms with Gasteiger partial charge in [-0.2, -0.15) is 0 Å². The summed E-state index contributed by atoms with van der Waals surface area (Å²) < 4.78 is 5.18. The van der Waals surface area contributed by atoms with Crippen molar-refractivity contribution in [1.29, 1.82) is 0 Å². The molecule has 3 rings (SSSR count). The highest BCUT2D eigenvalue weighted by molar-refractivity contribution is 5.78. The number of aryl methyl sites for hydroxylation is 1. The SMILES string of the molecule is COc1ccc(CCC(=O)N2CCCN(CC(=O)NC3CCCCC3C)CC2)cc1. The maximum atomic E-state index is 12.7. The molecule has 0 radical (unpaired) electrons. The van der Waals surface area contributed by atoms with Crippen molar-refractivity contribution in [2.24, 2.45) is 5.92 Å². The Morgan fingerprint density at radius 1 is 1.03 bits per heavy atom. The van der Waals surface area contributed by atoms with Crippen molar-refractivity contribution < 1.29 is 14.3 Å². The number of carbonyl (C=O) groups is 2. The van der Waals surface area contributed by atoms with E-state index in [0.717, 1.165) is 50.2 Å². The van der Waals surface area contributed by atoms with Gasteiger partial charge in [-0.1, -0.05) is 31.9 Å². The maximum absolute atomic E-state index is 12.7. The molecule has 1 aromatic rings. The Bertz CT molecular complexity index is 691. The van der Waals surface area contributed by atoms with E-state index >= 15 is 0 Å². The van der Waals surface area contributed by atoms with Gasteiger partial charge in [0, 0.05) is 38.6 Å². The number of nitrogens with zero attached hydrogens (tertiary/aromatic N) is 2. The highest BCUT2D eigenvalue weighted by Crippen LogP contribution is 2.23. The summed E-state index contributed by atoms with van der Waals surface area (Å²) in [7, 11) is 1.65. The highest BCUT2D eigenvalue weighted by atomic mass is 16.5. The molecule has 1 N–H and O–H groups in total. The van der Waals surface area contributed by atoms with Gasteiger partial charge < -0.3 is 15.0 Å². The van der Waals surface area contributed by atoms with Gasteiger partial charge in [-0.3, -0.25) is 14.5 Å². The third-order valence-corrected chi connectivity index (χ3v) is 6.55. The molecule has 0 spiro atoms. The first-order valence-electron chi connectivity index (χ1n) is 11.5. The van der Waals surface area contributed by atoms with Crippen molar-refractivity contribution in [3.63, 3.8) is 0 Å². The number of amides is 2. The second-order valence-electron chi connectivity index (χ2n) is 8.79. The normalized spacial score (nSPS) is 22.9. The summed E-state index contributed by atoms with van der Waals surface area (Å²) in [5, 5.41) is 3.25. The molecule has 166 valence electrons. The Morgan fingerprint density at radius 3 is 2.53 bits per heavy atom. The molecule has 0 bridgehead atoms. The van der Waals surface area contributed by atoms with E-state index < -0.39 is 0 Å². The average Bonchev–Trinajstić information content (AvgIpc) is 2.99. The number of carbonyl (C=O) groups excluding carboxylic acids is 2. The van der Waals surface area contributed by atoms with E-state index in [2.05, 4.69) is 17.1 Å². The summed E-state index contributed by atoms with van der Waals surface area (Å²) in [4.78, 5) is 29.4.